The number of anilines is 1. The van der Waals surface area contributed by atoms with Crippen molar-refractivity contribution in [3.63, 3.8) is 0 Å². The standard InChI is InChI=1S/C16H18N2O4S/c1-12-6-2-5-9-15(12)23(21,22)18-14-8-4-3-7-13(14)16(20)17-10-11-19/h2-9,18-19H,10-11H2,1H3,(H,17,20). The summed E-state index contributed by atoms with van der Waals surface area (Å²) < 4.78 is 27.5. The topological polar surface area (TPSA) is 95.5 Å². The molecule has 0 saturated heterocycles. The molecule has 2 rings (SSSR count). The summed E-state index contributed by atoms with van der Waals surface area (Å²) in [6, 6.07) is 12.9. The van der Waals surface area contributed by atoms with Crippen LogP contribution in [0.5, 0.6) is 0 Å². The first kappa shape index (κ1) is 17.0. The van der Waals surface area contributed by atoms with Gasteiger partial charge >= 0.3 is 0 Å². The molecule has 0 aromatic heterocycles. The summed E-state index contributed by atoms with van der Waals surface area (Å²) in [6.07, 6.45) is 0. The fraction of sp³-hybridized carbons (Fsp3) is 0.188. The average molecular weight is 334 g/mol. The molecule has 0 spiro atoms. The van der Waals surface area contributed by atoms with Gasteiger partial charge < -0.3 is 10.4 Å². The van der Waals surface area contributed by atoms with E-state index in [0.29, 0.717) is 5.56 Å². The summed E-state index contributed by atoms with van der Waals surface area (Å²) in [7, 11) is -3.80. The Morgan fingerprint density at radius 2 is 1.74 bits per heavy atom. The Hall–Kier alpha value is -2.38. The van der Waals surface area contributed by atoms with E-state index in [9.17, 15) is 13.2 Å². The van der Waals surface area contributed by atoms with E-state index in [0.717, 1.165) is 0 Å². The third kappa shape index (κ3) is 4.08. The predicted molar refractivity (Wildman–Crippen MR) is 87.8 cm³/mol. The number of aryl methyl sites for hydroxylation is 1. The van der Waals surface area contributed by atoms with Gasteiger partial charge in [0.05, 0.1) is 22.8 Å². The molecule has 0 unspecified atom stereocenters. The summed E-state index contributed by atoms with van der Waals surface area (Å²) in [5.74, 6) is -0.456. The Labute approximate surface area is 135 Å². The highest BCUT2D eigenvalue weighted by Crippen LogP contribution is 2.22. The lowest BCUT2D eigenvalue weighted by Gasteiger charge is -2.13. The molecule has 0 fully saturated rings. The summed E-state index contributed by atoms with van der Waals surface area (Å²) in [5.41, 5.74) is 0.992. The van der Waals surface area contributed by atoms with Crippen LogP contribution in [0.2, 0.25) is 0 Å². The maximum absolute atomic E-state index is 12.5. The van der Waals surface area contributed by atoms with Gasteiger partial charge in [0.15, 0.2) is 0 Å². The van der Waals surface area contributed by atoms with Gasteiger partial charge in [0.2, 0.25) is 0 Å². The number of hydrogen-bond acceptors (Lipinski definition) is 4. The van der Waals surface area contributed by atoms with Gasteiger partial charge in [-0.25, -0.2) is 8.42 Å². The molecular formula is C16H18N2O4S. The molecule has 2 aromatic rings. The highest BCUT2D eigenvalue weighted by Gasteiger charge is 2.19. The van der Waals surface area contributed by atoms with Gasteiger partial charge in [-0.3, -0.25) is 9.52 Å². The highest BCUT2D eigenvalue weighted by atomic mass is 32.2. The van der Waals surface area contributed by atoms with Crippen molar-refractivity contribution >= 4 is 21.6 Å². The zero-order chi connectivity index (χ0) is 16.9. The smallest absolute Gasteiger partial charge is 0.262 e. The number of sulfonamides is 1. The zero-order valence-corrected chi connectivity index (χ0v) is 13.4. The predicted octanol–water partition coefficient (Wildman–Crippen LogP) is 1.52. The second kappa shape index (κ2) is 7.26. The van der Waals surface area contributed by atoms with Gasteiger partial charge in [-0.1, -0.05) is 30.3 Å². The maximum Gasteiger partial charge on any atom is 0.262 e. The van der Waals surface area contributed by atoms with Crippen LogP contribution in [-0.2, 0) is 10.0 Å². The van der Waals surface area contributed by atoms with E-state index in [4.69, 9.17) is 5.11 Å². The van der Waals surface area contributed by atoms with Crippen molar-refractivity contribution in [2.24, 2.45) is 0 Å². The number of hydrogen-bond donors (Lipinski definition) is 3. The van der Waals surface area contributed by atoms with Crippen molar-refractivity contribution in [1.82, 2.24) is 5.32 Å². The minimum absolute atomic E-state index is 0.0950. The number of para-hydroxylation sites is 1. The van der Waals surface area contributed by atoms with Crippen molar-refractivity contribution in [3.8, 4) is 0 Å². The van der Waals surface area contributed by atoms with Crippen LogP contribution in [0.1, 0.15) is 15.9 Å². The van der Waals surface area contributed by atoms with Gasteiger partial charge in [0.25, 0.3) is 15.9 Å². The molecule has 7 heteroatoms. The molecule has 0 aliphatic heterocycles. The molecule has 0 bridgehead atoms. The number of carbonyl (C=O) groups is 1. The Morgan fingerprint density at radius 1 is 1.09 bits per heavy atom. The molecular weight excluding hydrogens is 316 g/mol. The fourth-order valence-corrected chi connectivity index (χ4v) is 3.42. The number of nitrogens with one attached hydrogen (secondary N) is 2. The number of rotatable bonds is 6. The third-order valence-electron chi connectivity index (χ3n) is 3.20. The lowest BCUT2D eigenvalue weighted by molar-refractivity contribution is 0.0945. The summed E-state index contributed by atoms with van der Waals surface area (Å²) in [5, 5.41) is 11.3. The van der Waals surface area contributed by atoms with Crippen molar-refractivity contribution in [1.29, 1.82) is 0 Å². The molecule has 6 nitrogen and oxygen atoms in total. The molecule has 1 amide bonds. The van der Waals surface area contributed by atoms with E-state index >= 15 is 0 Å². The van der Waals surface area contributed by atoms with Crippen LogP contribution in [0.25, 0.3) is 0 Å². The van der Waals surface area contributed by atoms with E-state index in [1.54, 1.807) is 37.3 Å². The van der Waals surface area contributed by atoms with Gasteiger partial charge in [-0.15, -0.1) is 0 Å². The van der Waals surface area contributed by atoms with Crippen molar-refractivity contribution in [3.05, 3.63) is 59.7 Å². The fourth-order valence-electron chi connectivity index (χ4n) is 2.09. The van der Waals surface area contributed by atoms with E-state index in [1.165, 1.54) is 18.2 Å². The van der Waals surface area contributed by atoms with Crippen LogP contribution in [-0.4, -0.2) is 32.6 Å². The SMILES string of the molecule is Cc1ccccc1S(=O)(=O)Nc1ccccc1C(=O)NCCO. The first-order valence-corrected chi connectivity index (χ1v) is 8.50. The van der Waals surface area contributed by atoms with E-state index in [-0.39, 0.29) is 29.3 Å². The number of aliphatic hydroxyl groups is 1. The van der Waals surface area contributed by atoms with Gasteiger partial charge in [0, 0.05) is 6.54 Å². The number of carbonyl (C=O) groups excluding carboxylic acids is 1. The first-order chi connectivity index (χ1) is 11.0. The normalized spacial score (nSPS) is 11.0. The average Bonchev–Trinajstić information content (AvgIpc) is 2.53. The number of amides is 1. The minimum atomic E-state index is -3.80. The van der Waals surface area contributed by atoms with E-state index in [1.807, 2.05) is 0 Å². The molecule has 0 saturated carbocycles. The third-order valence-corrected chi connectivity index (χ3v) is 4.72. The number of aliphatic hydroxyl groups excluding tert-OH is 1. The van der Waals surface area contributed by atoms with Crippen LogP contribution in [0, 0.1) is 6.92 Å². The second-order valence-electron chi connectivity index (χ2n) is 4.90. The quantitative estimate of drug-likeness (QED) is 0.746. The largest absolute Gasteiger partial charge is 0.395 e. The van der Waals surface area contributed by atoms with Crippen molar-refractivity contribution in [2.75, 3.05) is 17.9 Å². The Balaban J connectivity index is 2.34. The molecule has 2 aromatic carbocycles. The molecule has 23 heavy (non-hydrogen) atoms. The van der Waals surface area contributed by atoms with Crippen LogP contribution in [0.15, 0.2) is 53.4 Å². The Kier molecular flexibility index (Phi) is 5.36. The molecule has 0 aliphatic rings. The van der Waals surface area contributed by atoms with E-state index < -0.39 is 15.9 Å². The van der Waals surface area contributed by atoms with Gasteiger partial charge in [0.1, 0.15) is 0 Å². The van der Waals surface area contributed by atoms with Crippen molar-refractivity contribution in [2.45, 2.75) is 11.8 Å². The monoisotopic (exact) mass is 334 g/mol. The maximum atomic E-state index is 12.5. The van der Waals surface area contributed by atoms with Crippen LogP contribution < -0.4 is 10.0 Å². The highest BCUT2D eigenvalue weighted by molar-refractivity contribution is 7.92. The second-order valence-corrected chi connectivity index (χ2v) is 6.55. The summed E-state index contributed by atoms with van der Waals surface area (Å²) >= 11 is 0. The van der Waals surface area contributed by atoms with Crippen LogP contribution in [0.4, 0.5) is 5.69 Å². The van der Waals surface area contributed by atoms with Gasteiger partial charge in [-0.05, 0) is 30.7 Å². The van der Waals surface area contributed by atoms with Crippen LogP contribution in [0.3, 0.4) is 0 Å². The molecule has 0 atom stereocenters. The van der Waals surface area contributed by atoms with Crippen molar-refractivity contribution < 1.29 is 18.3 Å². The molecule has 0 radical (unpaired) electrons. The Morgan fingerprint density at radius 3 is 2.43 bits per heavy atom. The lowest BCUT2D eigenvalue weighted by atomic mass is 10.2. The van der Waals surface area contributed by atoms with Crippen LogP contribution >= 0.6 is 0 Å². The summed E-state index contributed by atoms with van der Waals surface area (Å²) in [4.78, 5) is 12.2. The molecule has 3 N–H and O–H groups in total. The first-order valence-electron chi connectivity index (χ1n) is 7.02. The number of benzene rings is 2. The molecule has 0 heterocycles. The Bertz CT molecular complexity index is 803. The minimum Gasteiger partial charge on any atom is -0.395 e. The summed E-state index contributed by atoms with van der Waals surface area (Å²) in [6.45, 7) is 1.61. The molecule has 122 valence electrons. The molecule has 0 aliphatic carbocycles. The van der Waals surface area contributed by atoms with Gasteiger partial charge in [-0.2, -0.15) is 0 Å². The lowest BCUT2D eigenvalue weighted by Crippen LogP contribution is -2.27. The zero-order valence-electron chi connectivity index (χ0n) is 12.6. The van der Waals surface area contributed by atoms with E-state index in [2.05, 4.69) is 10.0 Å².